The molecule has 162 valence electrons. The van der Waals surface area contributed by atoms with E-state index in [-0.39, 0.29) is 11.9 Å². The number of benzene rings is 1. The van der Waals surface area contributed by atoms with E-state index in [1.54, 1.807) is 28.9 Å². The Labute approximate surface area is 177 Å². The Hall–Kier alpha value is -2.92. The molecule has 3 N–H and O–H groups in total. The zero-order valence-electron chi connectivity index (χ0n) is 16.5. The van der Waals surface area contributed by atoms with Crippen molar-refractivity contribution in [3.05, 3.63) is 54.4 Å². The molecule has 0 bridgehead atoms. The fourth-order valence-corrected chi connectivity index (χ4v) is 3.84. The van der Waals surface area contributed by atoms with Crippen LogP contribution < -0.4 is 5.32 Å². The van der Waals surface area contributed by atoms with Crippen LogP contribution in [0.25, 0.3) is 17.2 Å². The lowest BCUT2D eigenvalue weighted by atomic mass is 10.1. The van der Waals surface area contributed by atoms with E-state index < -0.39 is 24.5 Å². The summed E-state index contributed by atoms with van der Waals surface area (Å²) < 4.78 is 26.0. The molecule has 0 saturated carbocycles. The molecule has 5 rings (SSSR count). The molecule has 2 fully saturated rings. The van der Waals surface area contributed by atoms with Gasteiger partial charge in [0.25, 0.3) is 0 Å². The molecular weight excluding hydrogens is 405 g/mol. The van der Waals surface area contributed by atoms with Gasteiger partial charge in [0, 0.05) is 6.61 Å². The van der Waals surface area contributed by atoms with E-state index in [4.69, 9.17) is 9.47 Å². The molecule has 0 amide bonds. The second-order valence-electron chi connectivity index (χ2n) is 7.63. The molecule has 0 unspecified atom stereocenters. The molecule has 2 saturated heterocycles. The third kappa shape index (κ3) is 3.90. The van der Waals surface area contributed by atoms with Crippen molar-refractivity contribution in [2.24, 2.45) is 0 Å². The number of ether oxygens (including phenoxy) is 2. The second kappa shape index (κ2) is 8.31. The lowest BCUT2D eigenvalue weighted by Crippen LogP contribution is -2.30. The van der Waals surface area contributed by atoms with Crippen molar-refractivity contribution < 1.29 is 24.1 Å². The monoisotopic (exact) mass is 427 g/mol. The van der Waals surface area contributed by atoms with Gasteiger partial charge in [-0.25, -0.2) is 19.3 Å². The number of hydrogen-bond donors (Lipinski definition) is 3. The summed E-state index contributed by atoms with van der Waals surface area (Å²) in [5, 5.41) is 24.4. The maximum absolute atomic E-state index is 13.1. The number of aliphatic hydroxyl groups excluding tert-OH is 2. The number of hydrogen-bond acceptors (Lipinski definition) is 8. The number of fused-ring (bicyclic) bond motifs is 1. The molecule has 3 aromatic rings. The minimum Gasteiger partial charge on any atom is -0.387 e. The van der Waals surface area contributed by atoms with Crippen LogP contribution in [0.2, 0.25) is 0 Å². The van der Waals surface area contributed by atoms with Crippen molar-refractivity contribution in [2.75, 3.05) is 18.5 Å². The van der Waals surface area contributed by atoms with Crippen LogP contribution in [0, 0.1) is 5.82 Å². The van der Waals surface area contributed by atoms with Gasteiger partial charge >= 0.3 is 0 Å². The van der Waals surface area contributed by atoms with Gasteiger partial charge in [0.05, 0.1) is 19.0 Å². The first-order chi connectivity index (χ1) is 15.1. The highest BCUT2D eigenvalue weighted by molar-refractivity contribution is 5.82. The number of anilines is 1. The summed E-state index contributed by atoms with van der Waals surface area (Å²) in [6, 6.07) is 6.09. The van der Waals surface area contributed by atoms with Crippen molar-refractivity contribution in [3.63, 3.8) is 0 Å². The van der Waals surface area contributed by atoms with Gasteiger partial charge in [0.1, 0.15) is 30.5 Å². The summed E-state index contributed by atoms with van der Waals surface area (Å²) in [4.78, 5) is 13.0. The van der Waals surface area contributed by atoms with E-state index in [1.807, 2.05) is 0 Å². The van der Waals surface area contributed by atoms with Gasteiger partial charge in [0.2, 0.25) is 0 Å². The smallest absolute Gasteiger partial charge is 0.167 e. The van der Waals surface area contributed by atoms with Crippen LogP contribution in [0.5, 0.6) is 0 Å². The molecule has 0 aliphatic carbocycles. The topological polar surface area (TPSA) is 115 Å². The number of aliphatic hydroxyl groups is 2. The normalized spacial score (nSPS) is 28.7. The molecule has 0 radical (unpaired) electrons. The van der Waals surface area contributed by atoms with Crippen LogP contribution in [0.15, 0.2) is 43.0 Å². The first kappa shape index (κ1) is 20.0. The van der Waals surface area contributed by atoms with Crippen molar-refractivity contribution >= 4 is 23.1 Å². The molecule has 0 spiro atoms. The predicted octanol–water partition coefficient (Wildman–Crippen LogP) is 1.50. The number of imidazole rings is 1. The quantitative estimate of drug-likeness (QED) is 0.561. The molecular formula is C21H22FN5O4. The van der Waals surface area contributed by atoms with Crippen LogP contribution in [0.1, 0.15) is 18.2 Å². The Morgan fingerprint density at radius 2 is 1.97 bits per heavy atom. The van der Waals surface area contributed by atoms with Crippen LogP contribution in [-0.2, 0) is 9.47 Å². The summed E-state index contributed by atoms with van der Waals surface area (Å²) in [6.45, 7) is 1.30. The highest BCUT2D eigenvalue weighted by Gasteiger charge is 2.43. The lowest BCUT2D eigenvalue weighted by Gasteiger charge is -2.16. The van der Waals surface area contributed by atoms with Crippen molar-refractivity contribution in [1.82, 2.24) is 19.5 Å². The van der Waals surface area contributed by atoms with Gasteiger partial charge in [-0.2, -0.15) is 0 Å². The van der Waals surface area contributed by atoms with Crippen LogP contribution >= 0.6 is 0 Å². The zero-order valence-corrected chi connectivity index (χ0v) is 16.5. The minimum absolute atomic E-state index is 0.152. The van der Waals surface area contributed by atoms with Crippen LogP contribution in [-0.4, -0.2) is 67.3 Å². The second-order valence-corrected chi connectivity index (χ2v) is 7.63. The minimum atomic E-state index is -1.19. The lowest BCUT2D eigenvalue weighted by molar-refractivity contribution is -0.0243. The van der Waals surface area contributed by atoms with E-state index >= 15 is 0 Å². The standard InChI is InChI=1S/C21H22FN5O4/c22-13-4-1-12(2-5-13)3-6-15-17(28)18(29)21(31-15)27-11-25-16-19(23-10-24-20(16)27)26-14-7-8-30-9-14/h1-6,10-11,14-15,17-18,21,28-29H,7-9H2,(H,23,24,26)/b6-3+/t14-,15-,17-,18-,21-/m1/s1. The Bertz CT molecular complexity index is 1080. The molecule has 2 aliphatic rings. The molecule has 1 aromatic carbocycles. The van der Waals surface area contributed by atoms with Gasteiger partial charge < -0.3 is 25.0 Å². The zero-order chi connectivity index (χ0) is 21.4. The summed E-state index contributed by atoms with van der Waals surface area (Å²) in [7, 11) is 0. The molecule has 9 nitrogen and oxygen atoms in total. The van der Waals surface area contributed by atoms with Crippen molar-refractivity contribution in [2.45, 2.75) is 37.0 Å². The first-order valence-electron chi connectivity index (χ1n) is 10.1. The maximum Gasteiger partial charge on any atom is 0.167 e. The predicted molar refractivity (Wildman–Crippen MR) is 110 cm³/mol. The fraction of sp³-hybridized carbons (Fsp3) is 0.381. The first-order valence-corrected chi connectivity index (χ1v) is 10.1. The third-order valence-electron chi connectivity index (χ3n) is 5.53. The highest BCUT2D eigenvalue weighted by atomic mass is 19.1. The molecule has 5 atom stereocenters. The number of halogens is 1. The average Bonchev–Trinajstić information content (AvgIpc) is 3.50. The summed E-state index contributed by atoms with van der Waals surface area (Å²) in [5.74, 6) is 0.258. The molecule has 31 heavy (non-hydrogen) atoms. The number of nitrogens with zero attached hydrogens (tertiary/aromatic N) is 4. The summed E-state index contributed by atoms with van der Waals surface area (Å²) >= 11 is 0. The Kier molecular flexibility index (Phi) is 5.36. The van der Waals surface area contributed by atoms with Gasteiger partial charge in [-0.15, -0.1) is 0 Å². The maximum atomic E-state index is 13.1. The van der Waals surface area contributed by atoms with E-state index in [9.17, 15) is 14.6 Å². The van der Waals surface area contributed by atoms with Crippen LogP contribution in [0.4, 0.5) is 10.2 Å². The molecule has 4 heterocycles. The van der Waals surface area contributed by atoms with Crippen molar-refractivity contribution in [3.8, 4) is 0 Å². The van der Waals surface area contributed by atoms with Crippen molar-refractivity contribution in [1.29, 1.82) is 0 Å². The molecule has 2 aliphatic heterocycles. The molecule has 10 heteroatoms. The largest absolute Gasteiger partial charge is 0.387 e. The van der Waals surface area contributed by atoms with Gasteiger partial charge in [-0.3, -0.25) is 4.57 Å². The van der Waals surface area contributed by atoms with E-state index in [0.29, 0.717) is 30.2 Å². The molecule has 2 aromatic heterocycles. The highest BCUT2D eigenvalue weighted by Crippen LogP contribution is 2.33. The Morgan fingerprint density at radius 1 is 1.13 bits per heavy atom. The summed E-state index contributed by atoms with van der Waals surface area (Å²) in [6.07, 6.45) is 3.21. The number of aromatic nitrogens is 4. The van der Waals surface area contributed by atoms with E-state index in [1.165, 1.54) is 24.8 Å². The average molecular weight is 427 g/mol. The Morgan fingerprint density at radius 3 is 2.74 bits per heavy atom. The summed E-state index contributed by atoms with van der Waals surface area (Å²) in [5.41, 5.74) is 1.78. The number of rotatable bonds is 5. The van der Waals surface area contributed by atoms with Crippen LogP contribution in [0.3, 0.4) is 0 Å². The fourth-order valence-electron chi connectivity index (χ4n) is 3.84. The third-order valence-corrected chi connectivity index (χ3v) is 5.53. The van der Waals surface area contributed by atoms with Gasteiger partial charge in [-0.1, -0.05) is 24.3 Å². The van der Waals surface area contributed by atoms with E-state index in [0.717, 1.165) is 12.0 Å². The van der Waals surface area contributed by atoms with Gasteiger partial charge in [-0.05, 0) is 24.1 Å². The SMILES string of the molecule is O[C@@H]1[C@H](O)[C@@H](/C=C/c2ccc(F)cc2)O[C@H]1n1cnc2c(N[C@@H]3CCOC3)ncnc21. The van der Waals surface area contributed by atoms with E-state index in [2.05, 4.69) is 20.3 Å². The van der Waals surface area contributed by atoms with Gasteiger partial charge in [0.15, 0.2) is 23.2 Å². The Balaban J connectivity index is 1.37. The number of nitrogens with one attached hydrogen (secondary N) is 1.